The average Bonchev–Trinajstić information content (AvgIpc) is 2.40. The summed E-state index contributed by atoms with van der Waals surface area (Å²) in [6.45, 7) is 1.97. The quantitative estimate of drug-likeness (QED) is 0.886. The minimum Gasteiger partial charge on any atom is -0.456 e. The number of ether oxygens (including phenoxy) is 1. The van der Waals surface area contributed by atoms with Crippen molar-refractivity contribution >= 4 is 5.69 Å². The Morgan fingerprint density at radius 2 is 1.83 bits per heavy atom. The molecule has 18 heavy (non-hydrogen) atoms. The summed E-state index contributed by atoms with van der Waals surface area (Å²) in [5.74, 6) is 1.31. The lowest BCUT2D eigenvalue weighted by atomic mass is 10.1. The van der Waals surface area contributed by atoms with Crippen LogP contribution < -0.4 is 10.1 Å². The SMILES string of the molecule is CNc1ccc(Oc2cc(C)ccc2C#N)cc1. The van der Waals surface area contributed by atoms with E-state index in [1.165, 1.54) is 0 Å². The van der Waals surface area contributed by atoms with Crippen molar-refractivity contribution in [2.75, 3.05) is 12.4 Å². The van der Waals surface area contributed by atoms with Gasteiger partial charge in [-0.15, -0.1) is 0 Å². The molecular weight excluding hydrogens is 224 g/mol. The van der Waals surface area contributed by atoms with Crippen molar-refractivity contribution < 1.29 is 4.74 Å². The van der Waals surface area contributed by atoms with Crippen molar-refractivity contribution in [3.05, 3.63) is 53.6 Å². The number of rotatable bonds is 3. The van der Waals surface area contributed by atoms with Crippen LogP contribution in [0.2, 0.25) is 0 Å². The average molecular weight is 238 g/mol. The Hall–Kier alpha value is -2.47. The molecule has 0 saturated carbocycles. The zero-order chi connectivity index (χ0) is 13.0. The van der Waals surface area contributed by atoms with Crippen LogP contribution in [0.25, 0.3) is 0 Å². The van der Waals surface area contributed by atoms with Gasteiger partial charge in [0.2, 0.25) is 0 Å². The van der Waals surface area contributed by atoms with E-state index in [1.807, 2.05) is 50.4 Å². The fourth-order valence-electron chi connectivity index (χ4n) is 1.62. The van der Waals surface area contributed by atoms with Gasteiger partial charge in [0.05, 0.1) is 5.56 Å². The highest BCUT2D eigenvalue weighted by atomic mass is 16.5. The Morgan fingerprint density at radius 3 is 2.44 bits per heavy atom. The molecule has 3 nitrogen and oxygen atoms in total. The van der Waals surface area contributed by atoms with Crippen molar-refractivity contribution in [1.29, 1.82) is 5.26 Å². The van der Waals surface area contributed by atoms with Gasteiger partial charge < -0.3 is 10.1 Å². The molecule has 0 saturated heterocycles. The number of nitriles is 1. The normalized spacial score (nSPS) is 9.61. The van der Waals surface area contributed by atoms with E-state index < -0.39 is 0 Å². The molecule has 2 aromatic carbocycles. The van der Waals surface area contributed by atoms with Crippen LogP contribution in [0.4, 0.5) is 5.69 Å². The third-order valence-electron chi connectivity index (χ3n) is 2.63. The molecule has 0 aromatic heterocycles. The largest absolute Gasteiger partial charge is 0.456 e. The highest BCUT2D eigenvalue weighted by molar-refractivity contribution is 5.50. The van der Waals surface area contributed by atoms with Crippen molar-refractivity contribution in [2.45, 2.75) is 6.92 Å². The Balaban J connectivity index is 2.27. The molecule has 2 aromatic rings. The van der Waals surface area contributed by atoms with Gasteiger partial charge in [-0.05, 0) is 48.9 Å². The molecule has 0 fully saturated rings. The van der Waals surface area contributed by atoms with Crippen LogP contribution in [-0.4, -0.2) is 7.05 Å². The zero-order valence-electron chi connectivity index (χ0n) is 10.4. The minimum absolute atomic E-state index is 0.540. The molecular formula is C15H14N2O. The molecule has 3 heteroatoms. The summed E-state index contributed by atoms with van der Waals surface area (Å²) in [4.78, 5) is 0. The summed E-state index contributed by atoms with van der Waals surface area (Å²) >= 11 is 0. The Labute approximate surface area is 107 Å². The maximum atomic E-state index is 9.03. The van der Waals surface area contributed by atoms with E-state index >= 15 is 0 Å². The van der Waals surface area contributed by atoms with E-state index in [9.17, 15) is 0 Å². The Bertz CT molecular complexity index is 582. The molecule has 0 radical (unpaired) electrons. The summed E-state index contributed by atoms with van der Waals surface area (Å²) < 4.78 is 5.73. The van der Waals surface area contributed by atoms with Gasteiger partial charge in [0.25, 0.3) is 0 Å². The Morgan fingerprint density at radius 1 is 1.11 bits per heavy atom. The highest BCUT2D eigenvalue weighted by Gasteiger charge is 2.04. The summed E-state index contributed by atoms with van der Waals surface area (Å²) in [5, 5.41) is 12.1. The number of anilines is 1. The van der Waals surface area contributed by atoms with Gasteiger partial charge in [-0.25, -0.2) is 0 Å². The summed E-state index contributed by atoms with van der Waals surface area (Å²) in [6.07, 6.45) is 0. The molecule has 0 aliphatic carbocycles. The maximum Gasteiger partial charge on any atom is 0.145 e. The van der Waals surface area contributed by atoms with Crippen molar-refractivity contribution in [1.82, 2.24) is 0 Å². The first-order valence-electron chi connectivity index (χ1n) is 5.69. The van der Waals surface area contributed by atoms with Gasteiger partial charge in [0.15, 0.2) is 0 Å². The topological polar surface area (TPSA) is 45.0 Å². The molecule has 0 amide bonds. The van der Waals surface area contributed by atoms with Crippen molar-refractivity contribution in [2.24, 2.45) is 0 Å². The number of nitrogens with zero attached hydrogens (tertiary/aromatic N) is 1. The van der Waals surface area contributed by atoms with Crippen molar-refractivity contribution in [3.8, 4) is 17.6 Å². The molecule has 0 spiro atoms. The van der Waals surface area contributed by atoms with Gasteiger partial charge in [-0.2, -0.15) is 5.26 Å². The van der Waals surface area contributed by atoms with Crippen LogP contribution >= 0.6 is 0 Å². The molecule has 0 atom stereocenters. The van der Waals surface area contributed by atoms with E-state index in [2.05, 4.69) is 11.4 Å². The van der Waals surface area contributed by atoms with E-state index in [-0.39, 0.29) is 0 Å². The second-order valence-electron chi connectivity index (χ2n) is 3.99. The fourth-order valence-corrected chi connectivity index (χ4v) is 1.62. The molecule has 0 bridgehead atoms. The lowest BCUT2D eigenvalue weighted by molar-refractivity contribution is 0.481. The molecule has 0 unspecified atom stereocenters. The molecule has 2 rings (SSSR count). The third kappa shape index (κ3) is 2.61. The second kappa shape index (κ2) is 5.24. The van der Waals surface area contributed by atoms with E-state index in [0.717, 1.165) is 17.0 Å². The van der Waals surface area contributed by atoms with Crippen LogP contribution in [0.1, 0.15) is 11.1 Å². The molecule has 90 valence electrons. The van der Waals surface area contributed by atoms with E-state index in [1.54, 1.807) is 6.07 Å². The number of nitrogens with one attached hydrogen (secondary N) is 1. The van der Waals surface area contributed by atoms with Crippen LogP contribution in [-0.2, 0) is 0 Å². The van der Waals surface area contributed by atoms with Gasteiger partial charge >= 0.3 is 0 Å². The highest BCUT2D eigenvalue weighted by Crippen LogP contribution is 2.26. The number of aryl methyl sites for hydroxylation is 1. The summed E-state index contributed by atoms with van der Waals surface area (Å²) in [5.41, 5.74) is 2.63. The van der Waals surface area contributed by atoms with E-state index in [4.69, 9.17) is 10.00 Å². The Kier molecular flexibility index (Phi) is 3.49. The van der Waals surface area contributed by atoms with Gasteiger partial charge in [0, 0.05) is 12.7 Å². The monoisotopic (exact) mass is 238 g/mol. The third-order valence-corrected chi connectivity index (χ3v) is 2.63. The molecule has 0 aliphatic heterocycles. The number of hydrogen-bond acceptors (Lipinski definition) is 3. The lowest BCUT2D eigenvalue weighted by Crippen LogP contribution is -1.90. The maximum absolute atomic E-state index is 9.03. The fraction of sp³-hybridized carbons (Fsp3) is 0.133. The smallest absolute Gasteiger partial charge is 0.145 e. The first kappa shape index (κ1) is 12.0. The molecule has 1 N–H and O–H groups in total. The van der Waals surface area contributed by atoms with Crippen LogP contribution in [0, 0.1) is 18.3 Å². The molecule has 0 aliphatic rings. The summed E-state index contributed by atoms with van der Waals surface area (Å²) in [7, 11) is 1.87. The van der Waals surface area contributed by atoms with Crippen LogP contribution in [0.15, 0.2) is 42.5 Å². The predicted molar refractivity (Wildman–Crippen MR) is 72.0 cm³/mol. The van der Waals surface area contributed by atoms with Crippen molar-refractivity contribution in [3.63, 3.8) is 0 Å². The predicted octanol–water partition coefficient (Wildman–Crippen LogP) is 3.70. The zero-order valence-corrected chi connectivity index (χ0v) is 10.4. The van der Waals surface area contributed by atoms with Crippen LogP contribution in [0.5, 0.6) is 11.5 Å². The standard InChI is InChI=1S/C15H14N2O/c1-11-3-4-12(10-16)15(9-11)18-14-7-5-13(17-2)6-8-14/h3-9,17H,1-2H3. The minimum atomic E-state index is 0.540. The van der Waals surface area contributed by atoms with E-state index in [0.29, 0.717) is 11.3 Å². The second-order valence-corrected chi connectivity index (χ2v) is 3.99. The first-order valence-corrected chi connectivity index (χ1v) is 5.69. The summed E-state index contributed by atoms with van der Waals surface area (Å²) in [6, 6.07) is 15.3. The van der Waals surface area contributed by atoms with Crippen LogP contribution in [0.3, 0.4) is 0 Å². The number of benzene rings is 2. The molecule has 0 heterocycles. The lowest BCUT2D eigenvalue weighted by Gasteiger charge is -2.09. The number of hydrogen-bond donors (Lipinski definition) is 1. The first-order chi connectivity index (χ1) is 8.72. The van der Waals surface area contributed by atoms with Gasteiger partial charge in [-0.1, -0.05) is 6.07 Å². The van der Waals surface area contributed by atoms with Gasteiger partial charge in [-0.3, -0.25) is 0 Å². The van der Waals surface area contributed by atoms with Gasteiger partial charge in [0.1, 0.15) is 17.6 Å².